The molecule has 2 rings (SSSR count). The van der Waals surface area contributed by atoms with E-state index < -0.39 is 0 Å². The Balaban J connectivity index is 2.35. The summed E-state index contributed by atoms with van der Waals surface area (Å²) in [4.78, 5) is 15.6. The average Bonchev–Trinajstić information content (AvgIpc) is 2.47. The Bertz CT molecular complexity index is 588. The molecule has 1 heterocycles. The van der Waals surface area contributed by atoms with Crippen molar-refractivity contribution in [2.75, 3.05) is 36.0 Å². The number of thioether (sulfide) groups is 1. The minimum absolute atomic E-state index is 0.313. The first kappa shape index (κ1) is 14.4. The molecule has 0 aliphatic heterocycles. The van der Waals surface area contributed by atoms with Crippen LogP contribution in [0.25, 0.3) is 0 Å². The van der Waals surface area contributed by atoms with E-state index in [9.17, 15) is 0 Å². The number of hydrogen-bond acceptors (Lipinski definition) is 8. The molecular weight excluding hydrogens is 274 g/mol. The van der Waals surface area contributed by atoms with Crippen LogP contribution in [-0.2, 0) is 0 Å². The number of hydrazine groups is 1. The van der Waals surface area contributed by atoms with E-state index >= 15 is 0 Å². The van der Waals surface area contributed by atoms with Gasteiger partial charge in [-0.25, -0.2) is 5.84 Å². The number of rotatable bonds is 5. The summed E-state index contributed by atoms with van der Waals surface area (Å²) in [6, 6.07) is 7.95. The Kier molecular flexibility index (Phi) is 4.59. The molecule has 106 valence electrons. The Morgan fingerprint density at radius 1 is 1.10 bits per heavy atom. The van der Waals surface area contributed by atoms with Crippen molar-refractivity contribution in [2.24, 2.45) is 5.84 Å². The van der Waals surface area contributed by atoms with Gasteiger partial charge in [-0.1, -0.05) is 12.1 Å². The van der Waals surface area contributed by atoms with Gasteiger partial charge in [-0.05, 0) is 18.4 Å². The van der Waals surface area contributed by atoms with E-state index in [0.717, 1.165) is 10.6 Å². The van der Waals surface area contributed by atoms with E-state index in [2.05, 4.69) is 25.7 Å². The maximum Gasteiger partial charge on any atom is 0.243 e. The van der Waals surface area contributed by atoms with Gasteiger partial charge in [0.05, 0.1) is 5.69 Å². The fourth-order valence-corrected chi connectivity index (χ4v) is 2.11. The van der Waals surface area contributed by atoms with E-state index in [-0.39, 0.29) is 0 Å². The minimum Gasteiger partial charge on any atom is -0.347 e. The second kappa shape index (κ2) is 6.40. The molecule has 0 radical (unpaired) electrons. The number of nitrogens with one attached hydrogen (secondary N) is 2. The standard InChI is InChI=1S/C12H17N7S/c1-19(2)12-16-10(15-11(17-12)18-13)14-8-6-4-5-7-9(8)20-3/h4-7H,13H2,1-3H3,(H2,14,15,16,17,18). The Hall–Kier alpha value is -2.06. The van der Waals surface area contributed by atoms with Crippen LogP contribution in [0.4, 0.5) is 23.5 Å². The predicted molar refractivity (Wildman–Crippen MR) is 83.5 cm³/mol. The van der Waals surface area contributed by atoms with Gasteiger partial charge in [-0.15, -0.1) is 11.8 Å². The normalized spacial score (nSPS) is 10.2. The van der Waals surface area contributed by atoms with Gasteiger partial charge >= 0.3 is 0 Å². The zero-order valence-corrected chi connectivity index (χ0v) is 12.4. The number of hydrogen-bond donors (Lipinski definition) is 3. The van der Waals surface area contributed by atoms with Gasteiger partial charge in [0, 0.05) is 19.0 Å². The van der Waals surface area contributed by atoms with Gasteiger partial charge in [0.2, 0.25) is 17.8 Å². The number of nitrogens with two attached hydrogens (primary N) is 1. The predicted octanol–water partition coefficient (Wildman–Crippen LogP) is 1.69. The van der Waals surface area contributed by atoms with Crippen LogP contribution in [0.3, 0.4) is 0 Å². The smallest absolute Gasteiger partial charge is 0.243 e. The highest BCUT2D eigenvalue weighted by Gasteiger charge is 2.09. The molecule has 0 atom stereocenters. The summed E-state index contributed by atoms with van der Waals surface area (Å²) in [5, 5.41) is 3.19. The molecule has 0 fully saturated rings. The molecule has 0 aliphatic rings. The topological polar surface area (TPSA) is 92.0 Å². The molecular formula is C12H17N7S. The minimum atomic E-state index is 0.313. The van der Waals surface area contributed by atoms with Crippen LogP contribution >= 0.6 is 11.8 Å². The zero-order valence-electron chi connectivity index (χ0n) is 11.6. The lowest BCUT2D eigenvalue weighted by Crippen LogP contribution is -2.18. The molecule has 0 unspecified atom stereocenters. The Morgan fingerprint density at radius 2 is 1.80 bits per heavy atom. The van der Waals surface area contributed by atoms with Crippen molar-refractivity contribution in [3.63, 3.8) is 0 Å². The van der Waals surface area contributed by atoms with Crippen LogP contribution in [0.5, 0.6) is 0 Å². The van der Waals surface area contributed by atoms with Crippen LogP contribution in [0, 0.1) is 0 Å². The molecule has 1 aromatic heterocycles. The molecule has 4 N–H and O–H groups in total. The highest BCUT2D eigenvalue weighted by Crippen LogP contribution is 2.27. The molecule has 0 bridgehead atoms. The van der Waals surface area contributed by atoms with E-state index in [1.165, 1.54) is 0 Å². The molecule has 0 saturated carbocycles. The maximum absolute atomic E-state index is 5.38. The maximum atomic E-state index is 5.38. The lowest BCUT2D eigenvalue weighted by atomic mass is 10.3. The summed E-state index contributed by atoms with van der Waals surface area (Å²) >= 11 is 1.65. The number of nitrogens with zero attached hydrogens (tertiary/aromatic N) is 4. The van der Waals surface area contributed by atoms with Gasteiger partial charge in [0.1, 0.15) is 0 Å². The molecule has 0 spiro atoms. The van der Waals surface area contributed by atoms with Crippen molar-refractivity contribution >= 4 is 35.3 Å². The van der Waals surface area contributed by atoms with Gasteiger partial charge in [-0.2, -0.15) is 15.0 Å². The lowest BCUT2D eigenvalue weighted by molar-refractivity contribution is 0.956. The van der Waals surface area contributed by atoms with Crippen molar-refractivity contribution in [1.82, 2.24) is 15.0 Å². The summed E-state index contributed by atoms with van der Waals surface area (Å²) in [6.45, 7) is 0. The molecule has 0 aliphatic carbocycles. The molecule has 0 amide bonds. The van der Waals surface area contributed by atoms with Crippen molar-refractivity contribution in [3.05, 3.63) is 24.3 Å². The molecule has 20 heavy (non-hydrogen) atoms. The Morgan fingerprint density at radius 3 is 2.45 bits per heavy atom. The fraction of sp³-hybridized carbons (Fsp3) is 0.250. The van der Waals surface area contributed by atoms with Crippen molar-refractivity contribution in [2.45, 2.75) is 4.90 Å². The third-order valence-corrected chi connectivity index (χ3v) is 3.30. The van der Waals surface area contributed by atoms with Crippen molar-refractivity contribution < 1.29 is 0 Å². The van der Waals surface area contributed by atoms with Gasteiger partial charge in [0.25, 0.3) is 0 Å². The third kappa shape index (κ3) is 3.28. The van der Waals surface area contributed by atoms with Gasteiger partial charge in [0.15, 0.2) is 0 Å². The van der Waals surface area contributed by atoms with Crippen molar-refractivity contribution in [1.29, 1.82) is 0 Å². The number of aromatic nitrogens is 3. The second-order valence-corrected chi connectivity index (χ2v) is 4.99. The largest absolute Gasteiger partial charge is 0.347 e. The van der Waals surface area contributed by atoms with E-state index in [1.54, 1.807) is 16.7 Å². The van der Waals surface area contributed by atoms with E-state index in [0.29, 0.717) is 17.8 Å². The van der Waals surface area contributed by atoms with E-state index in [1.807, 2.05) is 44.6 Å². The summed E-state index contributed by atoms with van der Waals surface area (Å²) in [5.41, 5.74) is 3.39. The number of anilines is 4. The SMILES string of the molecule is CSc1ccccc1Nc1nc(NN)nc(N(C)C)n1. The second-order valence-electron chi connectivity index (χ2n) is 4.15. The van der Waals surface area contributed by atoms with Gasteiger partial charge < -0.3 is 10.2 Å². The van der Waals surface area contributed by atoms with Crippen LogP contribution in [0.1, 0.15) is 0 Å². The van der Waals surface area contributed by atoms with Gasteiger partial charge in [-0.3, -0.25) is 5.43 Å². The number of para-hydroxylation sites is 1. The highest BCUT2D eigenvalue weighted by atomic mass is 32.2. The molecule has 8 heteroatoms. The zero-order chi connectivity index (χ0) is 14.5. The van der Waals surface area contributed by atoms with Crippen molar-refractivity contribution in [3.8, 4) is 0 Å². The summed E-state index contributed by atoms with van der Waals surface area (Å²) < 4.78 is 0. The highest BCUT2D eigenvalue weighted by molar-refractivity contribution is 7.98. The monoisotopic (exact) mass is 291 g/mol. The van der Waals surface area contributed by atoms with Crippen LogP contribution in [0.15, 0.2) is 29.2 Å². The van der Waals surface area contributed by atoms with Crippen LogP contribution in [0.2, 0.25) is 0 Å². The Labute approximate surface area is 122 Å². The first-order valence-electron chi connectivity index (χ1n) is 5.94. The molecule has 7 nitrogen and oxygen atoms in total. The summed E-state index contributed by atoms with van der Waals surface area (Å²) in [5.74, 6) is 6.66. The number of nitrogen functional groups attached to an aromatic ring is 1. The lowest BCUT2D eigenvalue weighted by Gasteiger charge is -2.14. The number of benzene rings is 1. The average molecular weight is 291 g/mol. The molecule has 1 aromatic carbocycles. The van der Waals surface area contributed by atoms with E-state index in [4.69, 9.17) is 5.84 Å². The quantitative estimate of drug-likeness (QED) is 0.435. The fourth-order valence-electron chi connectivity index (χ4n) is 1.55. The third-order valence-electron chi connectivity index (χ3n) is 2.51. The summed E-state index contributed by atoms with van der Waals surface area (Å²) in [7, 11) is 3.71. The first-order valence-corrected chi connectivity index (χ1v) is 7.16. The van der Waals surface area contributed by atoms with Crippen LogP contribution < -0.4 is 21.5 Å². The summed E-state index contributed by atoms with van der Waals surface area (Å²) in [6.07, 6.45) is 2.02. The van der Waals surface area contributed by atoms with Crippen LogP contribution in [-0.4, -0.2) is 35.3 Å². The molecule has 0 saturated heterocycles. The molecule has 2 aromatic rings. The first-order chi connectivity index (χ1) is 9.63.